The molecule has 0 heterocycles. The van der Waals surface area contributed by atoms with Crippen molar-refractivity contribution in [2.24, 2.45) is 5.73 Å². The number of allylic oxidation sites excluding steroid dienone is 2. The van der Waals surface area contributed by atoms with Gasteiger partial charge < -0.3 is 10.6 Å². The van der Waals surface area contributed by atoms with Crippen molar-refractivity contribution in [1.29, 1.82) is 0 Å². The van der Waals surface area contributed by atoms with Crippen molar-refractivity contribution >= 4 is 0 Å². The summed E-state index contributed by atoms with van der Waals surface area (Å²) in [4.78, 5) is 1.82. The molecule has 8 heavy (non-hydrogen) atoms. The minimum absolute atomic E-state index is 0.722. The fourth-order valence-electron chi connectivity index (χ4n) is 0.270. The predicted octanol–water partition coefficient (Wildman–Crippen LogP) is 0.534. The molecule has 0 atom stereocenters. The van der Waals surface area contributed by atoms with Crippen LogP contribution in [0.25, 0.3) is 0 Å². The molecule has 0 unspecified atom stereocenters. The molecule has 0 rings (SSSR count). The van der Waals surface area contributed by atoms with Crippen molar-refractivity contribution in [1.82, 2.24) is 4.90 Å². The maximum atomic E-state index is 5.44. The van der Waals surface area contributed by atoms with Gasteiger partial charge in [0.1, 0.15) is 0 Å². The van der Waals surface area contributed by atoms with E-state index in [9.17, 15) is 0 Å². The number of nitrogens with zero attached hydrogens (tertiary/aromatic N) is 1. The average molecular weight is 112 g/mol. The Kier molecular flexibility index (Phi) is 2.77. The second kappa shape index (κ2) is 3.13. The molecule has 2 heteroatoms. The van der Waals surface area contributed by atoms with Gasteiger partial charge in [0, 0.05) is 14.1 Å². The smallest absolute Gasteiger partial charge is 0.0980 e. The van der Waals surface area contributed by atoms with Gasteiger partial charge in [-0.2, -0.15) is 0 Å². The van der Waals surface area contributed by atoms with Crippen LogP contribution in [0.5, 0.6) is 0 Å². The fourth-order valence-corrected chi connectivity index (χ4v) is 0.270. The van der Waals surface area contributed by atoms with Crippen molar-refractivity contribution < 1.29 is 0 Å². The molecule has 0 saturated heterocycles. The standard InChI is InChI=1S/C6H12N2/c1-4-5-6(7)8(2)3/h4-5H,1,7H2,2-3H3/b6-5-. The molecular formula is C6H12N2. The van der Waals surface area contributed by atoms with Gasteiger partial charge in [0.2, 0.25) is 0 Å². The van der Waals surface area contributed by atoms with Crippen LogP contribution in [0.2, 0.25) is 0 Å². The Morgan fingerprint density at radius 2 is 2.12 bits per heavy atom. The van der Waals surface area contributed by atoms with Gasteiger partial charge in [-0.05, 0) is 6.08 Å². The van der Waals surface area contributed by atoms with E-state index in [-0.39, 0.29) is 0 Å². The van der Waals surface area contributed by atoms with E-state index >= 15 is 0 Å². The van der Waals surface area contributed by atoms with Crippen LogP contribution in [0.15, 0.2) is 24.6 Å². The molecular weight excluding hydrogens is 100 g/mol. The van der Waals surface area contributed by atoms with E-state index in [2.05, 4.69) is 6.58 Å². The molecule has 0 aromatic heterocycles. The zero-order valence-electron chi connectivity index (χ0n) is 5.39. The van der Waals surface area contributed by atoms with E-state index in [1.165, 1.54) is 0 Å². The highest BCUT2D eigenvalue weighted by Gasteiger charge is 1.84. The van der Waals surface area contributed by atoms with Gasteiger partial charge >= 0.3 is 0 Å². The summed E-state index contributed by atoms with van der Waals surface area (Å²) in [6.45, 7) is 3.50. The second-order valence-electron chi connectivity index (χ2n) is 1.72. The van der Waals surface area contributed by atoms with Crippen LogP contribution >= 0.6 is 0 Å². The quantitative estimate of drug-likeness (QED) is 0.528. The van der Waals surface area contributed by atoms with E-state index in [1.807, 2.05) is 19.0 Å². The zero-order valence-corrected chi connectivity index (χ0v) is 5.39. The molecule has 0 aliphatic carbocycles. The predicted molar refractivity (Wildman–Crippen MR) is 36.2 cm³/mol. The lowest BCUT2D eigenvalue weighted by atomic mass is 10.5. The number of hydrogen-bond acceptors (Lipinski definition) is 2. The van der Waals surface area contributed by atoms with Crippen molar-refractivity contribution in [3.05, 3.63) is 24.6 Å². The lowest BCUT2D eigenvalue weighted by Crippen LogP contribution is -2.17. The van der Waals surface area contributed by atoms with Gasteiger partial charge in [-0.3, -0.25) is 0 Å². The summed E-state index contributed by atoms with van der Waals surface area (Å²) in [6.07, 6.45) is 3.41. The van der Waals surface area contributed by atoms with Crippen LogP contribution in [0.1, 0.15) is 0 Å². The largest absolute Gasteiger partial charge is 0.385 e. The highest BCUT2D eigenvalue weighted by atomic mass is 15.1. The van der Waals surface area contributed by atoms with Gasteiger partial charge in [-0.15, -0.1) is 0 Å². The lowest BCUT2D eigenvalue weighted by molar-refractivity contribution is 0.506. The number of hydrogen-bond donors (Lipinski definition) is 1. The van der Waals surface area contributed by atoms with Crippen LogP contribution in [0.4, 0.5) is 0 Å². The highest BCUT2D eigenvalue weighted by molar-refractivity contribution is 5.04. The normalized spacial score (nSPS) is 11.0. The van der Waals surface area contributed by atoms with Gasteiger partial charge in [0.05, 0.1) is 5.82 Å². The van der Waals surface area contributed by atoms with Gasteiger partial charge in [0.25, 0.3) is 0 Å². The Labute approximate surface area is 50.3 Å². The Morgan fingerprint density at radius 3 is 2.25 bits per heavy atom. The lowest BCUT2D eigenvalue weighted by Gasteiger charge is -2.10. The molecule has 0 amide bonds. The third-order valence-corrected chi connectivity index (χ3v) is 0.805. The molecule has 46 valence electrons. The van der Waals surface area contributed by atoms with Crippen molar-refractivity contribution in [3.63, 3.8) is 0 Å². The molecule has 0 fully saturated rings. The van der Waals surface area contributed by atoms with Crippen LogP contribution in [0.3, 0.4) is 0 Å². The summed E-state index contributed by atoms with van der Waals surface area (Å²) < 4.78 is 0. The van der Waals surface area contributed by atoms with E-state index in [1.54, 1.807) is 12.2 Å². The summed E-state index contributed by atoms with van der Waals surface area (Å²) in [6, 6.07) is 0. The van der Waals surface area contributed by atoms with E-state index in [0.717, 1.165) is 5.82 Å². The maximum absolute atomic E-state index is 5.44. The molecule has 0 aromatic carbocycles. The van der Waals surface area contributed by atoms with Crippen LogP contribution in [-0.4, -0.2) is 19.0 Å². The Morgan fingerprint density at radius 1 is 1.62 bits per heavy atom. The first-order valence-corrected chi connectivity index (χ1v) is 2.44. The first kappa shape index (κ1) is 7.08. The van der Waals surface area contributed by atoms with Crippen molar-refractivity contribution in [2.45, 2.75) is 0 Å². The first-order valence-electron chi connectivity index (χ1n) is 2.44. The molecule has 2 N–H and O–H groups in total. The number of rotatable bonds is 2. The van der Waals surface area contributed by atoms with E-state index < -0.39 is 0 Å². The minimum atomic E-state index is 0.722. The molecule has 0 spiro atoms. The van der Waals surface area contributed by atoms with Gasteiger partial charge in [0.15, 0.2) is 0 Å². The van der Waals surface area contributed by atoms with Crippen LogP contribution in [0, 0.1) is 0 Å². The summed E-state index contributed by atoms with van der Waals surface area (Å²) in [5.74, 6) is 0.722. The van der Waals surface area contributed by atoms with Crippen LogP contribution < -0.4 is 5.73 Å². The fraction of sp³-hybridized carbons (Fsp3) is 0.333. The average Bonchev–Trinajstić information content (AvgIpc) is 1.67. The minimum Gasteiger partial charge on any atom is -0.385 e. The van der Waals surface area contributed by atoms with E-state index in [4.69, 9.17) is 5.73 Å². The topological polar surface area (TPSA) is 29.3 Å². The second-order valence-corrected chi connectivity index (χ2v) is 1.72. The molecule has 0 saturated carbocycles. The molecule has 0 aromatic rings. The summed E-state index contributed by atoms with van der Waals surface area (Å²) >= 11 is 0. The molecule has 0 aliphatic heterocycles. The summed E-state index contributed by atoms with van der Waals surface area (Å²) in [7, 11) is 3.77. The summed E-state index contributed by atoms with van der Waals surface area (Å²) in [5, 5.41) is 0. The van der Waals surface area contributed by atoms with Crippen LogP contribution in [-0.2, 0) is 0 Å². The highest BCUT2D eigenvalue weighted by Crippen LogP contribution is 1.85. The van der Waals surface area contributed by atoms with Gasteiger partial charge in [-0.25, -0.2) is 0 Å². The van der Waals surface area contributed by atoms with E-state index in [0.29, 0.717) is 0 Å². The molecule has 2 nitrogen and oxygen atoms in total. The Bertz CT molecular complexity index is 103. The molecule has 0 bridgehead atoms. The zero-order chi connectivity index (χ0) is 6.57. The first-order chi connectivity index (χ1) is 3.68. The summed E-state index contributed by atoms with van der Waals surface area (Å²) in [5.41, 5.74) is 5.44. The monoisotopic (exact) mass is 112 g/mol. The third-order valence-electron chi connectivity index (χ3n) is 0.805. The van der Waals surface area contributed by atoms with Crippen molar-refractivity contribution in [3.8, 4) is 0 Å². The van der Waals surface area contributed by atoms with Gasteiger partial charge in [-0.1, -0.05) is 12.7 Å². The SMILES string of the molecule is C=C/C=C(/N)N(C)C. The maximum Gasteiger partial charge on any atom is 0.0980 e. The third kappa shape index (κ3) is 2.29. The number of nitrogens with two attached hydrogens (primary N) is 1. The Hall–Kier alpha value is -0.920. The molecule has 0 radical (unpaired) electrons. The van der Waals surface area contributed by atoms with Crippen molar-refractivity contribution in [2.75, 3.05) is 14.1 Å². The Balaban J connectivity index is 3.78. The molecule has 0 aliphatic rings.